The van der Waals surface area contributed by atoms with Crippen LogP contribution in [-0.2, 0) is 6.54 Å². The number of rotatable bonds is 4. The minimum Gasteiger partial charge on any atom is -0.387 e. The average molecular weight is 253 g/mol. The van der Waals surface area contributed by atoms with Crippen LogP contribution in [0.15, 0.2) is 12.3 Å². The number of anilines is 1. The molecule has 92 valence electrons. The van der Waals surface area contributed by atoms with E-state index < -0.39 is 6.10 Å². The second-order valence-electron chi connectivity index (χ2n) is 4.00. The van der Waals surface area contributed by atoms with Gasteiger partial charge in [-0.2, -0.15) is 9.47 Å². The predicted octanol–water partition coefficient (Wildman–Crippen LogP) is 0.902. The quantitative estimate of drug-likeness (QED) is 0.877. The fourth-order valence-electron chi connectivity index (χ4n) is 1.32. The van der Waals surface area contributed by atoms with Gasteiger partial charge in [-0.3, -0.25) is 4.68 Å². The van der Waals surface area contributed by atoms with Crippen molar-refractivity contribution in [2.75, 3.05) is 19.0 Å². The maximum atomic E-state index is 9.37. The number of aliphatic hydroxyl groups excluding tert-OH is 1. The number of aliphatic hydroxyl groups is 1. The van der Waals surface area contributed by atoms with Crippen molar-refractivity contribution in [2.45, 2.75) is 19.6 Å². The molecule has 2 rings (SSSR count). The van der Waals surface area contributed by atoms with Crippen LogP contribution < -0.4 is 4.90 Å². The van der Waals surface area contributed by atoms with Gasteiger partial charge in [-0.1, -0.05) is 0 Å². The normalized spacial score (nSPS) is 12.7. The first kappa shape index (κ1) is 12.0. The lowest BCUT2D eigenvalue weighted by Crippen LogP contribution is -2.09. The van der Waals surface area contributed by atoms with Crippen molar-refractivity contribution in [3.05, 3.63) is 23.8 Å². The van der Waals surface area contributed by atoms with Gasteiger partial charge in [0.25, 0.3) is 0 Å². The molecule has 2 heterocycles. The molecule has 1 atom stereocenters. The summed E-state index contributed by atoms with van der Waals surface area (Å²) in [6.07, 6.45) is 1.27. The molecule has 0 unspecified atom stereocenters. The number of hydrogen-bond donors (Lipinski definition) is 1. The largest absolute Gasteiger partial charge is 0.387 e. The lowest BCUT2D eigenvalue weighted by atomic mass is 10.3. The Morgan fingerprint density at radius 2 is 2.29 bits per heavy atom. The Morgan fingerprint density at radius 3 is 2.82 bits per heavy atom. The highest BCUT2D eigenvalue weighted by Gasteiger charge is 2.08. The predicted molar refractivity (Wildman–Crippen MR) is 66.2 cm³/mol. The molecule has 0 saturated heterocycles. The summed E-state index contributed by atoms with van der Waals surface area (Å²) in [5.41, 5.74) is 0.660. The van der Waals surface area contributed by atoms with Crippen LogP contribution in [0.4, 0.5) is 5.13 Å². The Hall–Kier alpha value is -1.47. The van der Waals surface area contributed by atoms with E-state index in [0.717, 1.165) is 11.0 Å². The first-order valence-electron chi connectivity index (χ1n) is 5.27. The molecule has 17 heavy (non-hydrogen) atoms. The van der Waals surface area contributed by atoms with E-state index in [4.69, 9.17) is 0 Å². The van der Waals surface area contributed by atoms with Crippen molar-refractivity contribution in [3.63, 3.8) is 0 Å². The van der Waals surface area contributed by atoms with E-state index in [2.05, 4.69) is 14.5 Å². The number of hydrogen-bond acceptors (Lipinski definition) is 6. The molecule has 0 aliphatic heterocycles. The van der Waals surface area contributed by atoms with Gasteiger partial charge >= 0.3 is 0 Å². The standard InChI is InChI=1S/C10H15N5OS/c1-7(16)8-4-5-15(12-8)6-9-11-10(14(2)3)17-13-9/h4-5,7,16H,6H2,1-3H3/t7-/m1/s1. The summed E-state index contributed by atoms with van der Waals surface area (Å²) in [5, 5.41) is 14.5. The minimum absolute atomic E-state index is 0.525. The molecular weight excluding hydrogens is 238 g/mol. The molecule has 0 fully saturated rings. The molecule has 7 heteroatoms. The maximum Gasteiger partial charge on any atom is 0.204 e. The van der Waals surface area contributed by atoms with Crippen molar-refractivity contribution in [3.8, 4) is 0 Å². The van der Waals surface area contributed by atoms with E-state index in [0.29, 0.717) is 12.2 Å². The second-order valence-corrected chi connectivity index (χ2v) is 4.73. The molecular formula is C10H15N5OS. The van der Waals surface area contributed by atoms with Gasteiger partial charge in [-0.15, -0.1) is 0 Å². The minimum atomic E-state index is -0.544. The third-order valence-electron chi connectivity index (χ3n) is 2.23. The van der Waals surface area contributed by atoms with Crippen LogP contribution in [0, 0.1) is 0 Å². The number of aromatic nitrogens is 4. The summed E-state index contributed by atoms with van der Waals surface area (Å²) < 4.78 is 5.98. The fraction of sp³-hybridized carbons (Fsp3) is 0.500. The van der Waals surface area contributed by atoms with Gasteiger partial charge in [0.2, 0.25) is 5.13 Å². The van der Waals surface area contributed by atoms with Crippen LogP contribution in [0.3, 0.4) is 0 Å². The summed E-state index contributed by atoms with van der Waals surface area (Å²) in [4.78, 5) is 6.29. The number of nitrogens with zero attached hydrogens (tertiary/aromatic N) is 5. The highest BCUT2D eigenvalue weighted by atomic mass is 32.1. The van der Waals surface area contributed by atoms with Crippen LogP contribution >= 0.6 is 11.5 Å². The third kappa shape index (κ3) is 2.80. The van der Waals surface area contributed by atoms with E-state index >= 15 is 0 Å². The summed E-state index contributed by atoms with van der Waals surface area (Å²) in [6, 6.07) is 1.80. The monoisotopic (exact) mass is 253 g/mol. The summed E-state index contributed by atoms with van der Waals surface area (Å²) in [6.45, 7) is 2.22. The Bertz CT molecular complexity index is 446. The van der Waals surface area contributed by atoms with Gasteiger partial charge in [0.05, 0.1) is 11.8 Å². The fourth-order valence-corrected chi connectivity index (χ4v) is 1.92. The van der Waals surface area contributed by atoms with Crippen LogP contribution in [0.25, 0.3) is 0 Å². The molecule has 2 aromatic rings. The molecule has 0 aliphatic rings. The smallest absolute Gasteiger partial charge is 0.204 e. The highest BCUT2D eigenvalue weighted by molar-refractivity contribution is 7.09. The summed E-state index contributed by atoms with van der Waals surface area (Å²) in [5.74, 6) is 0.735. The molecule has 0 bridgehead atoms. The summed E-state index contributed by atoms with van der Waals surface area (Å²) in [7, 11) is 3.87. The van der Waals surface area contributed by atoms with Crippen molar-refractivity contribution in [1.29, 1.82) is 0 Å². The van der Waals surface area contributed by atoms with E-state index in [1.54, 1.807) is 17.7 Å². The van der Waals surface area contributed by atoms with Gasteiger partial charge in [0, 0.05) is 31.8 Å². The van der Waals surface area contributed by atoms with Gasteiger partial charge in [0.15, 0.2) is 5.82 Å². The Kier molecular flexibility index (Phi) is 3.39. The molecule has 0 spiro atoms. The second kappa shape index (κ2) is 4.80. The van der Waals surface area contributed by atoms with Crippen molar-refractivity contribution >= 4 is 16.7 Å². The van der Waals surface area contributed by atoms with E-state index in [9.17, 15) is 5.11 Å². The van der Waals surface area contributed by atoms with Gasteiger partial charge in [0.1, 0.15) is 6.54 Å². The molecule has 0 radical (unpaired) electrons. The van der Waals surface area contributed by atoms with Gasteiger partial charge < -0.3 is 10.0 Å². The third-order valence-corrected chi connectivity index (χ3v) is 3.15. The Balaban J connectivity index is 2.08. The lowest BCUT2D eigenvalue weighted by molar-refractivity contribution is 0.193. The Labute approximate surface area is 104 Å². The zero-order chi connectivity index (χ0) is 12.4. The maximum absolute atomic E-state index is 9.37. The first-order valence-corrected chi connectivity index (χ1v) is 6.05. The van der Waals surface area contributed by atoms with Gasteiger partial charge in [-0.25, -0.2) is 4.98 Å². The van der Waals surface area contributed by atoms with Crippen LogP contribution in [0.1, 0.15) is 24.5 Å². The van der Waals surface area contributed by atoms with Gasteiger partial charge in [-0.05, 0) is 13.0 Å². The highest BCUT2D eigenvalue weighted by Crippen LogP contribution is 2.15. The molecule has 2 aromatic heterocycles. The zero-order valence-electron chi connectivity index (χ0n) is 10.0. The molecule has 0 aromatic carbocycles. The molecule has 0 aliphatic carbocycles. The SMILES string of the molecule is C[C@@H](O)c1ccn(Cc2nsc(N(C)C)n2)n1. The first-order chi connectivity index (χ1) is 8.06. The molecule has 6 nitrogen and oxygen atoms in total. The average Bonchev–Trinajstić information content (AvgIpc) is 2.87. The van der Waals surface area contributed by atoms with Crippen LogP contribution in [0.5, 0.6) is 0 Å². The topological polar surface area (TPSA) is 67.1 Å². The van der Waals surface area contributed by atoms with Crippen molar-refractivity contribution < 1.29 is 5.11 Å². The van der Waals surface area contributed by atoms with Crippen molar-refractivity contribution in [2.24, 2.45) is 0 Å². The zero-order valence-corrected chi connectivity index (χ0v) is 10.8. The molecule has 1 N–H and O–H groups in total. The van der Waals surface area contributed by atoms with E-state index in [1.807, 2.05) is 25.2 Å². The molecule has 0 amide bonds. The van der Waals surface area contributed by atoms with Crippen LogP contribution in [-0.4, -0.2) is 38.3 Å². The Morgan fingerprint density at radius 1 is 1.53 bits per heavy atom. The lowest BCUT2D eigenvalue weighted by Gasteiger charge is -2.04. The molecule has 0 saturated carbocycles. The van der Waals surface area contributed by atoms with Crippen molar-refractivity contribution in [1.82, 2.24) is 19.1 Å². The van der Waals surface area contributed by atoms with E-state index in [1.165, 1.54) is 11.5 Å². The van der Waals surface area contributed by atoms with E-state index in [-0.39, 0.29) is 0 Å². The van der Waals surface area contributed by atoms with Crippen LogP contribution in [0.2, 0.25) is 0 Å². The summed E-state index contributed by atoms with van der Waals surface area (Å²) >= 11 is 1.36.